The number of halogens is 1. The van der Waals surface area contributed by atoms with Crippen LogP contribution in [-0.2, 0) is 4.79 Å². The molecule has 1 saturated heterocycles. The zero-order chi connectivity index (χ0) is 22.0. The molecule has 3 amide bonds. The van der Waals surface area contributed by atoms with Crippen LogP contribution in [0.5, 0.6) is 0 Å². The fourth-order valence-corrected chi connectivity index (χ4v) is 3.86. The van der Waals surface area contributed by atoms with E-state index in [0.717, 1.165) is 16.7 Å². The lowest BCUT2D eigenvalue weighted by Crippen LogP contribution is -2.38. The van der Waals surface area contributed by atoms with E-state index in [1.165, 1.54) is 36.4 Å². The van der Waals surface area contributed by atoms with Crippen LogP contribution in [0.4, 0.5) is 9.18 Å². The average Bonchev–Trinajstić information content (AvgIpc) is 3.02. The van der Waals surface area contributed by atoms with Gasteiger partial charge in [-0.3, -0.25) is 19.3 Å². The van der Waals surface area contributed by atoms with Crippen molar-refractivity contribution in [3.63, 3.8) is 0 Å². The number of amides is 3. The molecule has 0 radical (unpaired) electrons. The topological polar surface area (TPSA) is 96.7 Å². The van der Waals surface area contributed by atoms with E-state index >= 15 is 0 Å². The summed E-state index contributed by atoms with van der Waals surface area (Å²) in [4.78, 5) is 50.3. The van der Waals surface area contributed by atoms with Crippen LogP contribution in [0.25, 0.3) is 17.0 Å². The number of carbonyl (C=O) groups excluding carboxylic acids is 3. The molecule has 1 aromatic heterocycles. The highest BCUT2D eigenvalue weighted by atomic mass is 32.2. The van der Waals surface area contributed by atoms with Crippen molar-refractivity contribution in [1.82, 2.24) is 10.2 Å². The monoisotopic (exact) mass is 438 g/mol. The molecule has 0 atom stereocenters. The largest absolute Gasteiger partial charge is 0.422 e. The number of nitrogens with zero attached hydrogens (tertiary/aromatic N) is 1. The van der Waals surface area contributed by atoms with Crippen LogP contribution in [-0.4, -0.2) is 35.0 Å². The number of imide groups is 1. The number of fused-ring (bicyclic) bond motifs is 1. The average molecular weight is 438 g/mol. The summed E-state index contributed by atoms with van der Waals surface area (Å²) in [5, 5.41) is 2.65. The van der Waals surface area contributed by atoms with Crippen molar-refractivity contribution in [1.29, 1.82) is 0 Å². The lowest BCUT2D eigenvalue weighted by Gasteiger charge is -2.12. The van der Waals surface area contributed by atoms with Gasteiger partial charge in [0.1, 0.15) is 17.0 Å². The first-order valence-electron chi connectivity index (χ1n) is 9.24. The van der Waals surface area contributed by atoms with Gasteiger partial charge in [0.25, 0.3) is 17.1 Å². The van der Waals surface area contributed by atoms with E-state index in [9.17, 15) is 23.6 Å². The van der Waals surface area contributed by atoms with Crippen molar-refractivity contribution in [3.8, 4) is 0 Å². The molecule has 2 heterocycles. The molecule has 9 heteroatoms. The van der Waals surface area contributed by atoms with Crippen LogP contribution in [0.3, 0.4) is 0 Å². The second-order valence-electron chi connectivity index (χ2n) is 6.63. The van der Waals surface area contributed by atoms with Gasteiger partial charge < -0.3 is 9.73 Å². The number of hydrogen-bond donors (Lipinski definition) is 1. The standard InChI is InChI=1S/C22H15FN2O5S/c23-15-7-5-13(6-8-15)11-18-20(27)25(22(29)31-18)10-9-24-19(26)16-12-14-3-1-2-4-17(14)30-21(16)28/h1-8,11-12H,9-10H2,(H,24,26)/b18-11-. The predicted octanol–water partition coefficient (Wildman–Crippen LogP) is 3.40. The molecular formula is C22H15FN2O5S. The maximum Gasteiger partial charge on any atom is 0.349 e. The minimum Gasteiger partial charge on any atom is -0.422 e. The summed E-state index contributed by atoms with van der Waals surface area (Å²) in [6.07, 6.45) is 1.50. The molecule has 4 rings (SSSR count). The lowest BCUT2D eigenvalue weighted by molar-refractivity contribution is -0.122. The third kappa shape index (κ3) is 4.41. The Bertz CT molecular complexity index is 1280. The normalized spacial score (nSPS) is 15.1. The highest BCUT2D eigenvalue weighted by Gasteiger charge is 2.34. The van der Waals surface area contributed by atoms with Gasteiger partial charge in [0.05, 0.1) is 4.91 Å². The molecule has 31 heavy (non-hydrogen) atoms. The van der Waals surface area contributed by atoms with E-state index in [4.69, 9.17) is 4.42 Å². The van der Waals surface area contributed by atoms with Crippen molar-refractivity contribution in [2.24, 2.45) is 0 Å². The lowest BCUT2D eigenvalue weighted by atomic mass is 10.2. The first kappa shape index (κ1) is 20.5. The van der Waals surface area contributed by atoms with Crippen molar-refractivity contribution in [2.45, 2.75) is 0 Å². The van der Waals surface area contributed by atoms with Gasteiger partial charge in [0.2, 0.25) is 0 Å². The fourth-order valence-electron chi connectivity index (χ4n) is 3.00. The maximum atomic E-state index is 13.0. The molecule has 7 nitrogen and oxygen atoms in total. The summed E-state index contributed by atoms with van der Waals surface area (Å²) in [6.45, 7) is -0.0942. The highest BCUT2D eigenvalue weighted by molar-refractivity contribution is 8.18. The smallest absolute Gasteiger partial charge is 0.349 e. The Morgan fingerprint density at radius 1 is 1.10 bits per heavy atom. The molecule has 1 aliphatic heterocycles. The SMILES string of the molecule is O=C(NCCN1C(=O)S/C(=C\c2ccc(F)cc2)C1=O)c1cc2ccccc2oc1=O. The van der Waals surface area contributed by atoms with Crippen LogP contribution in [0.1, 0.15) is 15.9 Å². The number of para-hydroxylation sites is 1. The molecule has 0 aliphatic carbocycles. The highest BCUT2D eigenvalue weighted by Crippen LogP contribution is 2.31. The Hall–Kier alpha value is -3.72. The Labute approximate surface area is 179 Å². The Kier molecular flexibility index (Phi) is 5.68. The molecule has 1 aliphatic rings. The van der Waals surface area contributed by atoms with Gasteiger partial charge >= 0.3 is 5.63 Å². The number of carbonyl (C=O) groups is 3. The first-order chi connectivity index (χ1) is 14.9. The zero-order valence-corrected chi connectivity index (χ0v) is 16.8. The molecule has 0 unspecified atom stereocenters. The number of nitrogens with one attached hydrogen (secondary N) is 1. The molecule has 0 spiro atoms. The van der Waals surface area contributed by atoms with Gasteiger partial charge in [0.15, 0.2) is 0 Å². The summed E-state index contributed by atoms with van der Waals surface area (Å²) in [7, 11) is 0. The molecule has 156 valence electrons. The molecule has 3 aromatic rings. The number of hydrogen-bond acceptors (Lipinski definition) is 6. The molecule has 1 N–H and O–H groups in total. The summed E-state index contributed by atoms with van der Waals surface area (Å²) in [6, 6.07) is 13.7. The van der Waals surface area contributed by atoms with Gasteiger partial charge in [-0.1, -0.05) is 30.3 Å². The van der Waals surface area contributed by atoms with Gasteiger partial charge in [-0.2, -0.15) is 0 Å². The Morgan fingerprint density at radius 2 is 1.84 bits per heavy atom. The maximum absolute atomic E-state index is 13.0. The van der Waals surface area contributed by atoms with E-state index in [0.29, 0.717) is 16.5 Å². The summed E-state index contributed by atoms with van der Waals surface area (Å²) in [5.74, 6) is -1.56. The molecule has 0 saturated carbocycles. The molecule has 0 bridgehead atoms. The second-order valence-corrected chi connectivity index (χ2v) is 7.62. The quantitative estimate of drug-likeness (QED) is 0.485. The summed E-state index contributed by atoms with van der Waals surface area (Å²) < 4.78 is 18.2. The van der Waals surface area contributed by atoms with Crippen LogP contribution in [0.15, 0.2) is 68.7 Å². The van der Waals surface area contributed by atoms with Gasteiger partial charge in [-0.15, -0.1) is 0 Å². The van der Waals surface area contributed by atoms with E-state index in [2.05, 4.69) is 5.32 Å². The number of rotatable bonds is 5. The Balaban J connectivity index is 1.40. The second kappa shape index (κ2) is 8.57. The first-order valence-corrected chi connectivity index (χ1v) is 10.1. The fraction of sp³-hybridized carbons (Fsp3) is 0.0909. The number of benzene rings is 2. The summed E-state index contributed by atoms with van der Waals surface area (Å²) in [5.41, 5.74) is 0.0201. The van der Waals surface area contributed by atoms with Crippen LogP contribution in [0.2, 0.25) is 0 Å². The van der Waals surface area contributed by atoms with Crippen molar-refractivity contribution in [2.75, 3.05) is 13.1 Å². The third-order valence-electron chi connectivity index (χ3n) is 4.55. The zero-order valence-electron chi connectivity index (χ0n) is 16.0. The predicted molar refractivity (Wildman–Crippen MR) is 114 cm³/mol. The van der Waals surface area contributed by atoms with E-state index in [-0.39, 0.29) is 23.6 Å². The van der Waals surface area contributed by atoms with Crippen LogP contribution in [0, 0.1) is 5.82 Å². The minimum atomic E-state index is -0.774. The Morgan fingerprint density at radius 3 is 2.61 bits per heavy atom. The van der Waals surface area contributed by atoms with Crippen molar-refractivity contribution in [3.05, 3.63) is 86.9 Å². The third-order valence-corrected chi connectivity index (χ3v) is 5.46. The molecular weight excluding hydrogens is 423 g/mol. The van der Waals surface area contributed by atoms with Crippen molar-refractivity contribution < 1.29 is 23.2 Å². The summed E-state index contributed by atoms with van der Waals surface area (Å²) >= 11 is 0.767. The van der Waals surface area contributed by atoms with Gasteiger partial charge in [-0.05, 0) is 47.7 Å². The van der Waals surface area contributed by atoms with E-state index < -0.39 is 28.5 Å². The van der Waals surface area contributed by atoms with Gasteiger partial charge in [0, 0.05) is 18.5 Å². The molecule has 1 fully saturated rings. The molecule has 2 aromatic carbocycles. The van der Waals surface area contributed by atoms with Crippen molar-refractivity contribution >= 4 is 45.9 Å². The van der Waals surface area contributed by atoms with Gasteiger partial charge in [-0.25, -0.2) is 9.18 Å². The van der Waals surface area contributed by atoms with E-state index in [1.807, 2.05) is 0 Å². The van der Waals surface area contributed by atoms with Crippen LogP contribution >= 0.6 is 11.8 Å². The minimum absolute atomic E-state index is 0.0348. The van der Waals surface area contributed by atoms with E-state index in [1.54, 1.807) is 24.3 Å². The van der Waals surface area contributed by atoms with Crippen LogP contribution < -0.4 is 10.9 Å². The number of thioether (sulfide) groups is 1.